The summed E-state index contributed by atoms with van der Waals surface area (Å²) in [5.41, 5.74) is 2.23. The van der Waals surface area contributed by atoms with E-state index in [9.17, 15) is 9.59 Å². The Hall–Kier alpha value is -2.40. The average Bonchev–Trinajstić information content (AvgIpc) is 2.56. The molecular formula is C18H24N2O3. The Balaban J connectivity index is 2.56. The molecule has 5 nitrogen and oxygen atoms in total. The molecule has 0 aliphatic heterocycles. The Kier molecular flexibility index (Phi) is 8.39. The number of hydrogen-bond donors (Lipinski definition) is 3. The van der Waals surface area contributed by atoms with Gasteiger partial charge in [-0.05, 0) is 44.0 Å². The number of hydrogen-bond acceptors (Lipinski definition) is 3. The lowest BCUT2D eigenvalue weighted by molar-refractivity contribution is -0.111. The quantitative estimate of drug-likeness (QED) is 0.392. The van der Waals surface area contributed by atoms with Crippen molar-refractivity contribution >= 4 is 17.5 Å². The van der Waals surface area contributed by atoms with E-state index in [-0.39, 0.29) is 18.4 Å². The lowest BCUT2D eigenvalue weighted by Gasteiger charge is -2.06. The molecule has 0 bridgehead atoms. The van der Waals surface area contributed by atoms with E-state index in [1.165, 1.54) is 6.08 Å². The number of anilines is 1. The van der Waals surface area contributed by atoms with Gasteiger partial charge in [0.15, 0.2) is 0 Å². The molecule has 23 heavy (non-hydrogen) atoms. The van der Waals surface area contributed by atoms with Gasteiger partial charge >= 0.3 is 0 Å². The second-order valence-corrected chi connectivity index (χ2v) is 4.95. The molecule has 5 heteroatoms. The van der Waals surface area contributed by atoms with Gasteiger partial charge in [-0.1, -0.05) is 24.6 Å². The molecule has 0 spiro atoms. The maximum atomic E-state index is 11.8. The number of rotatable bonds is 8. The molecule has 0 unspecified atom stereocenters. The molecule has 0 atom stereocenters. The summed E-state index contributed by atoms with van der Waals surface area (Å²) in [4.78, 5) is 23.6. The third-order valence-corrected chi connectivity index (χ3v) is 3.26. The number of allylic oxidation sites excluding steroid dienone is 3. The zero-order chi connectivity index (χ0) is 17.1. The number of aliphatic hydroxyl groups is 1. The lowest BCUT2D eigenvalue weighted by atomic mass is 10.1. The van der Waals surface area contributed by atoms with E-state index in [0.717, 1.165) is 12.0 Å². The topological polar surface area (TPSA) is 78.4 Å². The van der Waals surface area contributed by atoms with E-state index in [1.54, 1.807) is 30.3 Å². The summed E-state index contributed by atoms with van der Waals surface area (Å²) >= 11 is 0. The SMILES string of the molecule is CC=C(C=CC(=O)Nc1ccc(C(=O)NCCCO)cc1)CC. The average molecular weight is 316 g/mol. The van der Waals surface area contributed by atoms with Crippen molar-refractivity contribution in [2.75, 3.05) is 18.5 Å². The van der Waals surface area contributed by atoms with Crippen LogP contribution in [0.2, 0.25) is 0 Å². The van der Waals surface area contributed by atoms with Crippen LogP contribution >= 0.6 is 0 Å². The smallest absolute Gasteiger partial charge is 0.251 e. The molecule has 2 amide bonds. The van der Waals surface area contributed by atoms with E-state index in [4.69, 9.17) is 5.11 Å². The van der Waals surface area contributed by atoms with Gasteiger partial charge in [0.25, 0.3) is 5.91 Å². The third-order valence-electron chi connectivity index (χ3n) is 3.26. The van der Waals surface area contributed by atoms with Gasteiger partial charge < -0.3 is 15.7 Å². The van der Waals surface area contributed by atoms with Gasteiger partial charge in [-0.2, -0.15) is 0 Å². The Morgan fingerprint density at radius 2 is 1.87 bits per heavy atom. The first kappa shape index (κ1) is 18.6. The van der Waals surface area contributed by atoms with E-state index >= 15 is 0 Å². The van der Waals surface area contributed by atoms with Crippen LogP contribution in [-0.2, 0) is 4.79 Å². The van der Waals surface area contributed by atoms with Crippen molar-refractivity contribution in [2.45, 2.75) is 26.7 Å². The largest absolute Gasteiger partial charge is 0.396 e. The summed E-state index contributed by atoms with van der Waals surface area (Å²) in [5.74, 6) is -0.408. The molecule has 0 aromatic heterocycles. The zero-order valence-electron chi connectivity index (χ0n) is 13.6. The number of carbonyl (C=O) groups excluding carboxylic acids is 2. The van der Waals surface area contributed by atoms with Gasteiger partial charge in [0.2, 0.25) is 5.91 Å². The maximum absolute atomic E-state index is 11.8. The molecule has 1 rings (SSSR count). The standard InChI is InChI=1S/C18H24N2O3/c1-3-14(4-2)6-11-17(22)20-16-9-7-15(8-10-16)18(23)19-12-5-13-21/h3,6-11,21H,4-5,12-13H2,1-2H3,(H,19,23)(H,20,22). The molecule has 1 aromatic carbocycles. The first-order valence-electron chi connectivity index (χ1n) is 7.74. The van der Waals surface area contributed by atoms with E-state index < -0.39 is 0 Å². The predicted octanol–water partition coefficient (Wildman–Crippen LogP) is 2.65. The fraction of sp³-hybridized carbons (Fsp3) is 0.333. The molecule has 0 saturated carbocycles. The van der Waals surface area contributed by atoms with Crippen molar-refractivity contribution in [3.8, 4) is 0 Å². The minimum Gasteiger partial charge on any atom is -0.396 e. The highest BCUT2D eigenvalue weighted by molar-refractivity contribution is 6.00. The number of aliphatic hydroxyl groups excluding tert-OH is 1. The molecule has 0 saturated heterocycles. The predicted molar refractivity (Wildman–Crippen MR) is 92.3 cm³/mol. The first-order chi connectivity index (χ1) is 11.1. The second-order valence-electron chi connectivity index (χ2n) is 4.95. The molecule has 124 valence electrons. The minimum atomic E-state index is -0.210. The highest BCUT2D eigenvalue weighted by atomic mass is 16.3. The summed E-state index contributed by atoms with van der Waals surface area (Å²) in [7, 11) is 0. The van der Waals surface area contributed by atoms with E-state index in [1.807, 2.05) is 19.9 Å². The Morgan fingerprint density at radius 1 is 1.17 bits per heavy atom. The number of carbonyl (C=O) groups is 2. The van der Waals surface area contributed by atoms with Crippen molar-refractivity contribution in [3.05, 3.63) is 53.6 Å². The van der Waals surface area contributed by atoms with E-state index in [2.05, 4.69) is 10.6 Å². The molecule has 1 aromatic rings. The number of nitrogens with one attached hydrogen (secondary N) is 2. The molecular weight excluding hydrogens is 292 g/mol. The van der Waals surface area contributed by atoms with Gasteiger partial charge in [-0.15, -0.1) is 0 Å². The van der Waals surface area contributed by atoms with Crippen LogP contribution in [0.4, 0.5) is 5.69 Å². The van der Waals surface area contributed by atoms with Crippen LogP contribution < -0.4 is 10.6 Å². The number of amides is 2. The van der Waals surface area contributed by atoms with Crippen LogP contribution in [0.3, 0.4) is 0 Å². The maximum Gasteiger partial charge on any atom is 0.251 e. The van der Waals surface area contributed by atoms with Crippen LogP contribution in [0.15, 0.2) is 48.1 Å². The Bertz CT molecular complexity index is 574. The number of benzene rings is 1. The van der Waals surface area contributed by atoms with Gasteiger partial charge in [-0.3, -0.25) is 9.59 Å². The van der Waals surface area contributed by atoms with Crippen LogP contribution in [0.1, 0.15) is 37.0 Å². The second kappa shape index (κ2) is 10.3. The summed E-state index contributed by atoms with van der Waals surface area (Å²) in [6, 6.07) is 6.67. The molecule has 0 heterocycles. The monoisotopic (exact) mass is 316 g/mol. The van der Waals surface area contributed by atoms with Crippen molar-refractivity contribution in [1.82, 2.24) is 5.32 Å². The van der Waals surface area contributed by atoms with Crippen LogP contribution in [0.25, 0.3) is 0 Å². The van der Waals surface area contributed by atoms with Gasteiger partial charge in [-0.25, -0.2) is 0 Å². The van der Waals surface area contributed by atoms with E-state index in [0.29, 0.717) is 24.2 Å². The van der Waals surface area contributed by atoms with Gasteiger partial charge in [0.1, 0.15) is 0 Å². The van der Waals surface area contributed by atoms with Gasteiger partial charge in [0, 0.05) is 30.5 Å². The highest BCUT2D eigenvalue weighted by Crippen LogP contribution is 2.10. The van der Waals surface area contributed by atoms with Crippen molar-refractivity contribution in [1.29, 1.82) is 0 Å². The first-order valence-corrected chi connectivity index (χ1v) is 7.74. The van der Waals surface area contributed by atoms with Crippen molar-refractivity contribution in [2.24, 2.45) is 0 Å². The normalized spacial score (nSPS) is 11.5. The van der Waals surface area contributed by atoms with Crippen molar-refractivity contribution in [3.63, 3.8) is 0 Å². The summed E-state index contributed by atoms with van der Waals surface area (Å²) < 4.78 is 0. The Morgan fingerprint density at radius 3 is 2.43 bits per heavy atom. The highest BCUT2D eigenvalue weighted by Gasteiger charge is 2.05. The summed E-state index contributed by atoms with van der Waals surface area (Å²) in [6.07, 6.45) is 6.65. The fourth-order valence-electron chi connectivity index (χ4n) is 1.87. The van der Waals surface area contributed by atoms with Gasteiger partial charge in [0.05, 0.1) is 0 Å². The molecule has 3 N–H and O–H groups in total. The fourth-order valence-corrected chi connectivity index (χ4v) is 1.87. The van der Waals surface area contributed by atoms with Crippen molar-refractivity contribution < 1.29 is 14.7 Å². The molecule has 0 radical (unpaired) electrons. The molecule has 0 aliphatic rings. The zero-order valence-corrected chi connectivity index (χ0v) is 13.6. The molecule has 0 aliphatic carbocycles. The van der Waals surface area contributed by atoms with Crippen LogP contribution in [0.5, 0.6) is 0 Å². The molecule has 0 fully saturated rings. The van der Waals surface area contributed by atoms with Crippen LogP contribution in [-0.4, -0.2) is 30.1 Å². The minimum absolute atomic E-state index is 0.0474. The summed E-state index contributed by atoms with van der Waals surface area (Å²) in [6.45, 7) is 4.45. The Labute approximate surface area is 137 Å². The summed E-state index contributed by atoms with van der Waals surface area (Å²) in [5, 5.41) is 14.1. The third kappa shape index (κ3) is 6.93. The lowest BCUT2D eigenvalue weighted by Crippen LogP contribution is -2.24. The van der Waals surface area contributed by atoms with Crippen LogP contribution in [0, 0.1) is 0 Å².